The Balaban J connectivity index is 0.00000220. The lowest BCUT2D eigenvalue weighted by atomic mass is 10.1. The Morgan fingerprint density at radius 1 is 1.14 bits per heavy atom. The molecule has 1 atom stereocenters. The lowest BCUT2D eigenvalue weighted by Gasteiger charge is -2.23. The summed E-state index contributed by atoms with van der Waals surface area (Å²) in [7, 11) is 0. The SMILES string of the molecule is Cc1cccc(OCC(O)CN2CCCCCC2)c1C.Cl. The van der Waals surface area contributed by atoms with Gasteiger partial charge in [0.1, 0.15) is 18.5 Å². The highest BCUT2D eigenvalue weighted by molar-refractivity contribution is 5.85. The minimum absolute atomic E-state index is 0. The van der Waals surface area contributed by atoms with Gasteiger partial charge in [-0.3, -0.25) is 0 Å². The number of hydrogen-bond acceptors (Lipinski definition) is 3. The van der Waals surface area contributed by atoms with E-state index < -0.39 is 6.10 Å². The van der Waals surface area contributed by atoms with Gasteiger partial charge in [0, 0.05) is 6.54 Å². The average molecular weight is 314 g/mol. The van der Waals surface area contributed by atoms with Gasteiger partial charge >= 0.3 is 0 Å². The molecule has 4 heteroatoms. The maximum absolute atomic E-state index is 10.1. The Labute approximate surface area is 134 Å². The molecule has 0 amide bonds. The van der Waals surface area contributed by atoms with Crippen LogP contribution >= 0.6 is 12.4 Å². The van der Waals surface area contributed by atoms with Crippen molar-refractivity contribution in [2.24, 2.45) is 0 Å². The van der Waals surface area contributed by atoms with Crippen molar-refractivity contribution in [2.75, 3.05) is 26.2 Å². The molecule has 1 heterocycles. The van der Waals surface area contributed by atoms with E-state index in [9.17, 15) is 5.11 Å². The minimum atomic E-state index is -0.409. The van der Waals surface area contributed by atoms with Crippen molar-refractivity contribution >= 4 is 12.4 Å². The predicted octanol–water partition coefficient (Wildman–Crippen LogP) is 3.34. The van der Waals surface area contributed by atoms with Crippen LogP contribution in [0.25, 0.3) is 0 Å². The molecule has 120 valence electrons. The molecule has 1 unspecified atom stereocenters. The molecular formula is C17H28ClNO2. The van der Waals surface area contributed by atoms with Crippen LogP contribution in [0.2, 0.25) is 0 Å². The third-order valence-electron chi connectivity index (χ3n) is 4.15. The van der Waals surface area contributed by atoms with Gasteiger partial charge in [-0.15, -0.1) is 12.4 Å². The number of hydrogen-bond donors (Lipinski definition) is 1. The van der Waals surface area contributed by atoms with Crippen molar-refractivity contribution in [1.82, 2.24) is 4.90 Å². The van der Waals surface area contributed by atoms with Gasteiger partial charge in [-0.2, -0.15) is 0 Å². The molecule has 0 aliphatic carbocycles. The number of aliphatic hydroxyl groups is 1. The van der Waals surface area contributed by atoms with Crippen LogP contribution < -0.4 is 4.74 Å². The van der Waals surface area contributed by atoms with Gasteiger partial charge in [-0.05, 0) is 57.0 Å². The van der Waals surface area contributed by atoms with Gasteiger partial charge in [0.2, 0.25) is 0 Å². The fourth-order valence-corrected chi connectivity index (χ4v) is 2.74. The van der Waals surface area contributed by atoms with E-state index in [-0.39, 0.29) is 12.4 Å². The van der Waals surface area contributed by atoms with Crippen molar-refractivity contribution in [3.05, 3.63) is 29.3 Å². The van der Waals surface area contributed by atoms with E-state index in [4.69, 9.17) is 4.74 Å². The average Bonchev–Trinajstić information content (AvgIpc) is 2.69. The second kappa shape index (κ2) is 9.29. The van der Waals surface area contributed by atoms with Crippen molar-refractivity contribution < 1.29 is 9.84 Å². The molecular weight excluding hydrogens is 286 g/mol. The molecule has 0 aromatic heterocycles. The first-order valence-electron chi connectivity index (χ1n) is 7.76. The standard InChI is InChI=1S/C17H27NO2.ClH/c1-14-8-7-9-17(15(14)2)20-13-16(19)12-18-10-5-3-4-6-11-18;/h7-9,16,19H,3-6,10-13H2,1-2H3;1H. The molecule has 0 radical (unpaired) electrons. The molecule has 0 spiro atoms. The molecule has 1 aromatic carbocycles. The van der Waals surface area contributed by atoms with Crippen molar-refractivity contribution in [1.29, 1.82) is 0 Å². The van der Waals surface area contributed by atoms with E-state index in [1.165, 1.54) is 31.2 Å². The van der Waals surface area contributed by atoms with Gasteiger partial charge in [0.05, 0.1) is 0 Å². The number of aliphatic hydroxyl groups excluding tert-OH is 1. The number of halogens is 1. The Kier molecular flexibility index (Phi) is 8.09. The quantitative estimate of drug-likeness (QED) is 0.905. The normalized spacial score (nSPS) is 17.7. The van der Waals surface area contributed by atoms with E-state index in [1.54, 1.807) is 0 Å². The number of β-amino-alcohol motifs (C(OH)–C–C–N with tert-alkyl or cyclic N) is 1. The number of nitrogens with zero attached hydrogens (tertiary/aromatic N) is 1. The van der Waals surface area contributed by atoms with Crippen molar-refractivity contribution in [3.8, 4) is 5.75 Å². The van der Waals surface area contributed by atoms with Gasteiger partial charge < -0.3 is 14.7 Å². The first-order chi connectivity index (χ1) is 9.66. The summed E-state index contributed by atoms with van der Waals surface area (Å²) in [6.07, 6.45) is 4.75. The number of aryl methyl sites for hydroxylation is 1. The van der Waals surface area contributed by atoms with Gasteiger partial charge in [-0.1, -0.05) is 25.0 Å². The predicted molar refractivity (Wildman–Crippen MR) is 89.6 cm³/mol. The van der Waals surface area contributed by atoms with E-state index in [0.29, 0.717) is 6.61 Å². The smallest absolute Gasteiger partial charge is 0.122 e. The Morgan fingerprint density at radius 2 is 1.81 bits per heavy atom. The Hall–Kier alpha value is -0.770. The Morgan fingerprint density at radius 3 is 2.48 bits per heavy atom. The maximum atomic E-state index is 10.1. The highest BCUT2D eigenvalue weighted by Gasteiger charge is 2.14. The molecule has 0 bridgehead atoms. The highest BCUT2D eigenvalue weighted by atomic mass is 35.5. The third kappa shape index (κ3) is 5.85. The molecule has 0 saturated carbocycles. The van der Waals surface area contributed by atoms with E-state index >= 15 is 0 Å². The van der Waals surface area contributed by atoms with Gasteiger partial charge in [-0.25, -0.2) is 0 Å². The zero-order valence-corrected chi connectivity index (χ0v) is 14.0. The lowest BCUT2D eigenvalue weighted by molar-refractivity contribution is 0.0691. The molecule has 2 rings (SSSR count). The molecule has 1 aliphatic rings. The zero-order valence-electron chi connectivity index (χ0n) is 13.2. The maximum Gasteiger partial charge on any atom is 0.122 e. The zero-order chi connectivity index (χ0) is 14.4. The summed E-state index contributed by atoms with van der Waals surface area (Å²) in [4.78, 5) is 2.37. The van der Waals surface area contributed by atoms with E-state index in [0.717, 1.165) is 30.9 Å². The Bertz CT molecular complexity index is 417. The topological polar surface area (TPSA) is 32.7 Å². The largest absolute Gasteiger partial charge is 0.491 e. The molecule has 1 aromatic rings. The van der Waals surface area contributed by atoms with Crippen LogP contribution in [0.1, 0.15) is 36.8 Å². The summed E-state index contributed by atoms with van der Waals surface area (Å²) in [6.45, 7) is 7.47. The van der Waals surface area contributed by atoms with Crippen LogP contribution in [0.3, 0.4) is 0 Å². The van der Waals surface area contributed by atoms with Crippen LogP contribution in [0, 0.1) is 13.8 Å². The molecule has 3 nitrogen and oxygen atoms in total. The van der Waals surface area contributed by atoms with E-state index in [1.807, 2.05) is 12.1 Å². The number of rotatable bonds is 5. The van der Waals surface area contributed by atoms with Crippen LogP contribution in [-0.4, -0.2) is 42.4 Å². The second-order valence-electron chi connectivity index (χ2n) is 5.88. The summed E-state index contributed by atoms with van der Waals surface area (Å²) >= 11 is 0. The lowest BCUT2D eigenvalue weighted by Crippen LogP contribution is -2.36. The third-order valence-corrected chi connectivity index (χ3v) is 4.15. The molecule has 21 heavy (non-hydrogen) atoms. The second-order valence-corrected chi connectivity index (χ2v) is 5.88. The summed E-state index contributed by atoms with van der Waals surface area (Å²) in [6, 6.07) is 6.05. The van der Waals surface area contributed by atoms with Crippen molar-refractivity contribution in [3.63, 3.8) is 0 Å². The van der Waals surface area contributed by atoms with Crippen LogP contribution in [-0.2, 0) is 0 Å². The molecule has 1 saturated heterocycles. The first kappa shape index (κ1) is 18.3. The fourth-order valence-electron chi connectivity index (χ4n) is 2.74. The summed E-state index contributed by atoms with van der Waals surface area (Å²) < 4.78 is 5.78. The molecule has 1 fully saturated rings. The fraction of sp³-hybridized carbons (Fsp3) is 0.647. The summed E-state index contributed by atoms with van der Waals surface area (Å²) in [5, 5.41) is 10.1. The number of likely N-dealkylation sites (tertiary alicyclic amines) is 1. The van der Waals surface area contributed by atoms with Gasteiger partial charge in [0.15, 0.2) is 0 Å². The van der Waals surface area contributed by atoms with Crippen LogP contribution in [0.4, 0.5) is 0 Å². The van der Waals surface area contributed by atoms with E-state index in [2.05, 4.69) is 24.8 Å². The van der Waals surface area contributed by atoms with Crippen molar-refractivity contribution in [2.45, 2.75) is 45.6 Å². The first-order valence-corrected chi connectivity index (χ1v) is 7.76. The van der Waals surface area contributed by atoms with Crippen LogP contribution in [0.15, 0.2) is 18.2 Å². The van der Waals surface area contributed by atoms with Crippen LogP contribution in [0.5, 0.6) is 5.75 Å². The number of ether oxygens (including phenoxy) is 1. The molecule has 1 aliphatic heterocycles. The monoisotopic (exact) mass is 313 g/mol. The van der Waals surface area contributed by atoms with Gasteiger partial charge in [0.25, 0.3) is 0 Å². The number of benzene rings is 1. The summed E-state index contributed by atoms with van der Waals surface area (Å²) in [5.74, 6) is 0.889. The minimum Gasteiger partial charge on any atom is -0.491 e. The summed E-state index contributed by atoms with van der Waals surface area (Å²) in [5.41, 5.74) is 2.39. The molecule has 1 N–H and O–H groups in total. The highest BCUT2D eigenvalue weighted by Crippen LogP contribution is 2.20.